The summed E-state index contributed by atoms with van der Waals surface area (Å²) in [6, 6.07) is 6.52. The first-order chi connectivity index (χ1) is 17.2. The molecule has 5 N–H and O–H groups in total. The maximum atomic E-state index is 11.8. The van der Waals surface area contributed by atoms with Crippen LogP contribution >= 0.6 is 0 Å². The first-order valence-corrected chi connectivity index (χ1v) is 11.1. The lowest BCUT2D eigenvalue weighted by Gasteiger charge is -2.14. The van der Waals surface area contributed by atoms with Gasteiger partial charge < -0.3 is 16.2 Å². The van der Waals surface area contributed by atoms with Crippen molar-refractivity contribution in [2.24, 2.45) is 10.2 Å². The topological polar surface area (TPSA) is 267 Å². The highest BCUT2D eigenvalue weighted by atomic mass is 32.2. The largest absolute Gasteiger partial charge is 0.501 e. The minimum atomic E-state index is -4.94. The van der Waals surface area contributed by atoms with E-state index in [0.29, 0.717) is 17.7 Å². The lowest BCUT2D eigenvalue weighted by molar-refractivity contribution is -0.394. The van der Waals surface area contributed by atoms with Gasteiger partial charge in [0.15, 0.2) is 0 Å². The number of anilines is 3. The highest BCUT2D eigenvalue weighted by molar-refractivity contribution is 7.86. The van der Waals surface area contributed by atoms with Gasteiger partial charge >= 0.3 is 5.69 Å². The van der Waals surface area contributed by atoms with Gasteiger partial charge in [0.1, 0.15) is 16.3 Å². The molecule has 0 aliphatic carbocycles. The minimum absolute atomic E-state index is 0.0370. The van der Waals surface area contributed by atoms with Crippen molar-refractivity contribution in [3.63, 3.8) is 0 Å². The van der Waals surface area contributed by atoms with Crippen molar-refractivity contribution in [2.75, 3.05) is 11.1 Å². The summed E-state index contributed by atoms with van der Waals surface area (Å²) in [5.41, 5.74) is 3.16. The van der Waals surface area contributed by atoms with Crippen molar-refractivity contribution >= 4 is 55.6 Å². The number of azo groups is 1. The molecule has 0 fully saturated rings. The highest BCUT2D eigenvalue weighted by Crippen LogP contribution is 2.42. The number of nitro benzene ring substituents is 3. The van der Waals surface area contributed by atoms with Gasteiger partial charge in [0.2, 0.25) is 5.75 Å². The number of hydrogen-bond acceptors (Lipinski definition) is 13. The lowest BCUT2D eigenvalue weighted by atomic mass is 10.1. The van der Waals surface area contributed by atoms with Crippen molar-refractivity contribution in [3.8, 4) is 5.75 Å². The fraction of sp³-hybridized carbons (Fsp3) is 0.0526. The van der Waals surface area contributed by atoms with Gasteiger partial charge in [-0.05, 0) is 30.7 Å². The number of nitro groups is 3. The molecule has 17 nitrogen and oxygen atoms in total. The number of rotatable bonds is 8. The smallest absolute Gasteiger partial charge is 0.319 e. The predicted molar refractivity (Wildman–Crippen MR) is 127 cm³/mol. The number of nitrogen functional groups attached to an aromatic ring is 1. The molecule has 0 heterocycles. The Morgan fingerprint density at radius 2 is 1.49 bits per heavy atom. The summed E-state index contributed by atoms with van der Waals surface area (Å²) < 4.78 is 33.2. The molecule has 192 valence electrons. The summed E-state index contributed by atoms with van der Waals surface area (Å²) >= 11 is 0. The summed E-state index contributed by atoms with van der Waals surface area (Å²) in [7, 11) is -4.94. The molecule has 0 aliphatic rings. The van der Waals surface area contributed by atoms with Crippen LogP contribution in [-0.4, -0.2) is 32.8 Å². The van der Waals surface area contributed by atoms with Crippen molar-refractivity contribution in [2.45, 2.75) is 11.8 Å². The molecule has 0 unspecified atom stereocenters. The fourth-order valence-electron chi connectivity index (χ4n) is 3.00. The molecule has 0 bridgehead atoms. The summed E-state index contributed by atoms with van der Waals surface area (Å²) in [5.74, 6) is -0.995. The summed E-state index contributed by atoms with van der Waals surface area (Å²) in [6.07, 6.45) is 0. The van der Waals surface area contributed by atoms with Crippen LogP contribution in [0.5, 0.6) is 5.75 Å². The van der Waals surface area contributed by atoms with Crippen LogP contribution in [0.4, 0.5) is 45.5 Å². The van der Waals surface area contributed by atoms with Crippen molar-refractivity contribution in [3.05, 3.63) is 78.4 Å². The number of non-ortho nitro benzene ring substituents is 2. The summed E-state index contributed by atoms with van der Waals surface area (Å²) in [5, 5.41) is 53.6. The number of hydrogen-bond donors (Lipinski definition) is 4. The van der Waals surface area contributed by atoms with E-state index < -0.39 is 58.3 Å². The third-order valence-electron chi connectivity index (χ3n) is 4.84. The summed E-state index contributed by atoms with van der Waals surface area (Å²) in [4.78, 5) is 29.6. The molecule has 3 aromatic carbocycles. The SMILES string of the molecule is Cc1cc(N=Nc2cc([N+](=O)[O-])cc([N+](=O)[O-])c2O)c(Nc2ccc([N+](=O)[O-])cc2S(=O)(=O)O)cc1N. The maximum Gasteiger partial charge on any atom is 0.319 e. The molecule has 0 aliphatic heterocycles. The second-order valence-corrected chi connectivity index (χ2v) is 8.70. The van der Waals surface area contributed by atoms with Gasteiger partial charge in [-0.1, -0.05) is 0 Å². The maximum absolute atomic E-state index is 11.8. The normalized spacial score (nSPS) is 11.4. The Kier molecular flexibility index (Phi) is 6.98. The standard InChI is InChI=1S/C19H15N7O10S/c1-9-4-15(22-23-16-5-11(25(30)31)6-17(19(16)27)26(32)33)14(8-12(9)20)21-13-3-2-10(24(28)29)7-18(13)37(34,35)36/h2-8,21,27H,20H2,1H3,(H,34,35,36). The molecule has 37 heavy (non-hydrogen) atoms. The average molecular weight is 533 g/mol. The second-order valence-electron chi connectivity index (χ2n) is 7.31. The number of nitrogens with two attached hydrogens (primary N) is 1. The van der Waals surface area contributed by atoms with Gasteiger partial charge in [-0.3, -0.25) is 34.9 Å². The fourth-order valence-corrected chi connectivity index (χ4v) is 3.66. The number of nitrogens with zero attached hydrogens (tertiary/aromatic N) is 5. The molecular formula is C19H15N7O10S. The molecule has 0 amide bonds. The van der Waals surface area contributed by atoms with Crippen LogP contribution in [0.1, 0.15) is 5.56 Å². The molecule has 0 saturated carbocycles. The molecule has 0 spiro atoms. The number of aromatic hydroxyl groups is 1. The number of benzene rings is 3. The third kappa shape index (κ3) is 5.71. The molecule has 0 aromatic heterocycles. The van der Waals surface area contributed by atoms with Crippen molar-refractivity contribution < 1.29 is 32.8 Å². The second kappa shape index (κ2) is 9.79. The van der Waals surface area contributed by atoms with Gasteiger partial charge in [-0.2, -0.15) is 8.42 Å². The van der Waals surface area contributed by atoms with Crippen molar-refractivity contribution in [1.82, 2.24) is 0 Å². The molecule has 18 heteroatoms. The molecule has 0 atom stereocenters. The van der Waals surface area contributed by atoms with E-state index in [9.17, 15) is 48.4 Å². The van der Waals surface area contributed by atoms with Crippen LogP contribution in [0.25, 0.3) is 0 Å². The Morgan fingerprint density at radius 3 is 2.05 bits per heavy atom. The predicted octanol–water partition coefficient (Wildman–Crippen LogP) is 4.41. The van der Waals surface area contributed by atoms with E-state index in [1.165, 1.54) is 12.1 Å². The zero-order valence-electron chi connectivity index (χ0n) is 18.4. The average Bonchev–Trinajstić information content (AvgIpc) is 2.80. The summed E-state index contributed by atoms with van der Waals surface area (Å²) in [6.45, 7) is 1.57. The van der Waals surface area contributed by atoms with E-state index >= 15 is 0 Å². The number of phenolic OH excluding ortho intramolecular Hbond substituents is 1. The van der Waals surface area contributed by atoms with Crippen LogP contribution in [-0.2, 0) is 10.1 Å². The van der Waals surface area contributed by atoms with Gasteiger partial charge in [-0.15, -0.1) is 10.2 Å². The molecule has 0 radical (unpaired) electrons. The Hall–Kier alpha value is -5.23. The van der Waals surface area contributed by atoms with Crippen LogP contribution in [0.2, 0.25) is 0 Å². The number of phenols is 1. The number of nitrogens with one attached hydrogen (secondary N) is 1. The van der Waals surface area contributed by atoms with E-state index in [2.05, 4.69) is 15.5 Å². The quantitative estimate of drug-likeness (QED) is 0.103. The van der Waals surface area contributed by atoms with E-state index in [0.717, 1.165) is 18.2 Å². The first kappa shape index (κ1) is 26.4. The zero-order valence-corrected chi connectivity index (χ0v) is 19.2. The lowest BCUT2D eigenvalue weighted by Crippen LogP contribution is -2.05. The van der Waals surface area contributed by atoms with E-state index in [1.807, 2.05) is 0 Å². The third-order valence-corrected chi connectivity index (χ3v) is 5.73. The minimum Gasteiger partial charge on any atom is -0.501 e. The van der Waals surface area contributed by atoms with Crippen LogP contribution in [0, 0.1) is 37.3 Å². The monoisotopic (exact) mass is 533 g/mol. The van der Waals surface area contributed by atoms with Gasteiger partial charge in [-0.25, -0.2) is 0 Å². The van der Waals surface area contributed by atoms with E-state index in [4.69, 9.17) is 5.73 Å². The molecular weight excluding hydrogens is 518 g/mol. The zero-order chi connectivity index (χ0) is 27.7. The highest BCUT2D eigenvalue weighted by Gasteiger charge is 2.25. The van der Waals surface area contributed by atoms with Gasteiger partial charge in [0.05, 0.1) is 32.2 Å². The molecule has 3 aromatic rings. The van der Waals surface area contributed by atoms with Gasteiger partial charge in [0.25, 0.3) is 21.5 Å². The van der Waals surface area contributed by atoms with Crippen LogP contribution < -0.4 is 11.1 Å². The first-order valence-electron chi connectivity index (χ1n) is 9.69. The Labute approximate surface area is 206 Å². The van der Waals surface area contributed by atoms with Crippen molar-refractivity contribution in [1.29, 1.82) is 0 Å². The molecule has 0 saturated heterocycles. The van der Waals surface area contributed by atoms with E-state index in [-0.39, 0.29) is 22.7 Å². The molecule has 3 rings (SSSR count). The van der Waals surface area contributed by atoms with Gasteiger partial charge in [0, 0.05) is 23.9 Å². The van der Waals surface area contributed by atoms with Crippen LogP contribution in [0.3, 0.4) is 0 Å². The Bertz CT molecular complexity index is 1610. The Balaban J connectivity index is 2.15. The van der Waals surface area contributed by atoms with E-state index in [1.54, 1.807) is 6.92 Å². The Morgan fingerprint density at radius 1 is 0.865 bits per heavy atom. The van der Waals surface area contributed by atoms with Crippen LogP contribution in [0.15, 0.2) is 57.6 Å². The number of aryl methyl sites for hydroxylation is 1.